The van der Waals surface area contributed by atoms with Gasteiger partial charge in [0.15, 0.2) is 5.82 Å². The van der Waals surface area contributed by atoms with E-state index >= 15 is 0 Å². The van der Waals surface area contributed by atoms with E-state index in [9.17, 15) is 34.8 Å². The zero-order valence-electron chi connectivity index (χ0n) is 21.4. The lowest BCUT2D eigenvalue weighted by Crippen LogP contribution is -2.50. The first-order valence-electron chi connectivity index (χ1n) is 12.1. The van der Waals surface area contributed by atoms with Crippen molar-refractivity contribution in [1.29, 1.82) is 0 Å². The summed E-state index contributed by atoms with van der Waals surface area (Å²) >= 11 is 0. The minimum atomic E-state index is -4.52. The summed E-state index contributed by atoms with van der Waals surface area (Å²) in [6.07, 6.45) is -1.07. The Kier molecular flexibility index (Phi) is 8.16. The standard InChI is InChI=1S/C22H30F3N7O5S2/c1-38(34,35)27-20-5-6-32(26-20)21(33)30-9-7-28(8-10-30)16-17-3-4-18(22(23,24)25)15-19(17)29-11-13-31(14-12-29)39(2,36)37/h3-6,15H,7-14,16H2,1-2H3,(H,26,27). The Balaban J connectivity index is 1.43. The van der Waals surface area contributed by atoms with Crippen LogP contribution in [-0.4, -0.2) is 112 Å². The number of sulfonamides is 2. The minimum absolute atomic E-state index is 0.0247. The summed E-state index contributed by atoms with van der Waals surface area (Å²) in [7, 11) is -6.92. The molecule has 1 aromatic heterocycles. The van der Waals surface area contributed by atoms with E-state index in [1.165, 1.54) is 22.6 Å². The fraction of sp³-hybridized carbons (Fsp3) is 0.545. The van der Waals surface area contributed by atoms with Gasteiger partial charge in [-0.05, 0) is 17.7 Å². The number of halogens is 3. The average Bonchev–Trinajstić information content (AvgIpc) is 3.30. The maximum atomic E-state index is 13.5. The Morgan fingerprint density at radius 2 is 1.59 bits per heavy atom. The van der Waals surface area contributed by atoms with Crippen molar-refractivity contribution in [2.24, 2.45) is 0 Å². The molecule has 39 heavy (non-hydrogen) atoms. The van der Waals surface area contributed by atoms with E-state index in [0.29, 0.717) is 44.0 Å². The van der Waals surface area contributed by atoms with Gasteiger partial charge in [-0.3, -0.25) is 9.62 Å². The summed E-state index contributed by atoms with van der Waals surface area (Å²) in [5, 5.41) is 3.95. The fourth-order valence-electron chi connectivity index (χ4n) is 4.59. The van der Waals surface area contributed by atoms with Crippen molar-refractivity contribution in [3.05, 3.63) is 41.6 Å². The van der Waals surface area contributed by atoms with Crippen LogP contribution >= 0.6 is 0 Å². The van der Waals surface area contributed by atoms with Crippen molar-refractivity contribution >= 4 is 37.6 Å². The number of piperazine rings is 2. The molecule has 0 atom stereocenters. The second kappa shape index (κ2) is 10.9. The van der Waals surface area contributed by atoms with Crippen molar-refractivity contribution in [3.63, 3.8) is 0 Å². The first-order chi connectivity index (χ1) is 18.1. The summed E-state index contributed by atoms with van der Waals surface area (Å²) in [6.45, 7) is 2.87. The number of anilines is 2. The number of carbonyl (C=O) groups excluding carboxylic acids is 1. The smallest absolute Gasteiger partial charge is 0.369 e. The molecule has 1 N–H and O–H groups in total. The Morgan fingerprint density at radius 1 is 0.949 bits per heavy atom. The van der Waals surface area contributed by atoms with E-state index in [0.717, 1.165) is 29.3 Å². The average molecular weight is 594 g/mol. The first-order valence-corrected chi connectivity index (χ1v) is 15.8. The van der Waals surface area contributed by atoms with Crippen LogP contribution in [0.2, 0.25) is 0 Å². The summed E-state index contributed by atoms with van der Waals surface area (Å²) in [4.78, 5) is 18.2. The van der Waals surface area contributed by atoms with Crippen molar-refractivity contribution in [2.45, 2.75) is 12.7 Å². The molecule has 2 aromatic rings. The van der Waals surface area contributed by atoms with Crippen molar-refractivity contribution in [2.75, 3.05) is 74.5 Å². The number of nitrogens with zero attached hydrogens (tertiary/aromatic N) is 6. The molecule has 1 aromatic carbocycles. The molecule has 2 aliphatic rings. The van der Waals surface area contributed by atoms with Crippen LogP contribution in [0.25, 0.3) is 0 Å². The number of aromatic nitrogens is 2. The second-order valence-electron chi connectivity index (χ2n) is 9.56. The normalized spacial score (nSPS) is 18.4. The van der Waals surface area contributed by atoms with E-state index in [1.54, 1.807) is 9.80 Å². The largest absolute Gasteiger partial charge is 0.416 e. The summed E-state index contributed by atoms with van der Waals surface area (Å²) in [6, 6.07) is 4.57. The van der Waals surface area contributed by atoms with Crippen LogP contribution in [0, 0.1) is 0 Å². The third-order valence-corrected chi connectivity index (χ3v) is 8.46. The van der Waals surface area contributed by atoms with Crippen LogP contribution in [0.4, 0.5) is 29.5 Å². The quantitative estimate of drug-likeness (QED) is 0.528. The highest BCUT2D eigenvalue weighted by atomic mass is 32.2. The van der Waals surface area contributed by atoms with Gasteiger partial charge in [0, 0.05) is 76.9 Å². The molecule has 0 unspecified atom stereocenters. The molecular formula is C22H30F3N7O5S2. The van der Waals surface area contributed by atoms with Crippen molar-refractivity contribution in [1.82, 2.24) is 23.9 Å². The Morgan fingerprint density at radius 3 is 2.15 bits per heavy atom. The van der Waals surface area contributed by atoms with Crippen LogP contribution in [0.1, 0.15) is 11.1 Å². The van der Waals surface area contributed by atoms with Gasteiger partial charge in [-0.25, -0.2) is 21.6 Å². The molecule has 0 bridgehead atoms. The molecule has 0 aliphatic carbocycles. The lowest BCUT2D eigenvalue weighted by atomic mass is 10.1. The Labute approximate surface area is 225 Å². The number of benzene rings is 1. The zero-order chi connectivity index (χ0) is 28.6. The molecule has 2 fully saturated rings. The lowest BCUT2D eigenvalue weighted by molar-refractivity contribution is -0.137. The second-order valence-corrected chi connectivity index (χ2v) is 13.3. The Bertz CT molecular complexity index is 1410. The van der Waals surface area contributed by atoms with Crippen LogP contribution in [-0.2, 0) is 32.8 Å². The van der Waals surface area contributed by atoms with Crippen LogP contribution in [0.3, 0.4) is 0 Å². The number of nitrogens with one attached hydrogen (secondary N) is 1. The highest BCUT2D eigenvalue weighted by Gasteiger charge is 2.33. The highest BCUT2D eigenvalue weighted by Crippen LogP contribution is 2.34. The molecule has 2 saturated heterocycles. The zero-order valence-corrected chi connectivity index (χ0v) is 23.1. The van der Waals surface area contributed by atoms with E-state index in [-0.39, 0.29) is 32.0 Å². The van der Waals surface area contributed by atoms with E-state index in [4.69, 9.17) is 0 Å². The molecule has 17 heteroatoms. The fourth-order valence-corrected chi connectivity index (χ4v) is 5.90. The molecule has 4 rings (SSSR count). The third kappa shape index (κ3) is 7.40. The van der Waals surface area contributed by atoms with E-state index in [1.807, 2.05) is 4.90 Å². The number of hydrogen-bond donors (Lipinski definition) is 1. The number of carbonyl (C=O) groups is 1. The summed E-state index contributed by atoms with van der Waals surface area (Å²) < 4.78 is 91.5. The van der Waals surface area contributed by atoms with Gasteiger partial charge in [-0.2, -0.15) is 22.2 Å². The van der Waals surface area contributed by atoms with Crippen molar-refractivity contribution in [3.8, 4) is 0 Å². The molecule has 216 valence electrons. The molecule has 12 nitrogen and oxygen atoms in total. The predicted molar refractivity (Wildman–Crippen MR) is 138 cm³/mol. The number of amides is 1. The molecule has 0 radical (unpaired) electrons. The predicted octanol–water partition coefficient (Wildman–Crippen LogP) is 1.14. The first kappa shape index (κ1) is 29.1. The van der Waals surface area contributed by atoms with Gasteiger partial charge >= 0.3 is 12.2 Å². The van der Waals surface area contributed by atoms with Crippen LogP contribution < -0.4 is 9.62 Å². The van der Waals surface area contributed by atoms with E-state index < -0.39 is 37.8 Å². The maximum absolute atomic E-state index is 13.5. The Hall–Kier alpha value is -2.89. The minimum Gasteiger partial charge on any atom is -0.369 e. The monoisotopic (exact) mass is 593 g/mol. The van der Waals surface area contributed by atoms with Gasteiger partial charge in [0.2, 0.25) is 20.0 Å². The molecule has 2 aliphatic heterocycles. The van der Waals surface area contributed by atoms with Gasteiger partial charge in [0.05, 0.1) is 18.1 Å². The SMILES string of the molecule is CS(=O)(=O)Nc1ccn(C(=O)N2CCN(Cc3ccc(C(F)(F)F)cc3N3CCN(S(C)(=O)=O)CC3)CC2)n1. The highest BCUT2D eigenvalue weighted by molar-refractivity contribution is 7.92. The van der Waals surface area contributed by atoms with Crippen LogP contribution in [0.15, 0.2) is 30.5 Å². The van der Waals surface area contributed by atoms with Crippen molar-refractivity contribution < 1.29 is 34.8 Å². The molecule has 0 saturated carbocycles. The number of rotatable bonds is 6. The molecule has 0 spiro atoms. The lowest BCUT2D eigenvalue weighted by Gasteiger charge is -2.38. The number of alkyl halides is 3. The molecular weight excluding hydrogens is 563 g/mol. The molecule has 1 amide bonds. The van der Waals surface area contributed by atoms with E-state index in [2.05, 4.69) is 9.82 Å². The van der Waals surface area contributed by atoms with Gasteiger partial charge in [-0.15, -0.1) is 5.10 Å². The molecule has 3 heterocycles. The third-order valence-electron chi connectivity index (χ3n) is 6.57. The maximum Gasteiger partial charge on any atom is 0.416 e. The number of hydrogen-bond acceptors (Lipinski definition) is 8. The van der Waals surface area contributed by atoms with Gasteiger partial charge in [-0.1, -0.05) is 6.07 Å². The van der Waals surface area contributed by atoms with Crippen LogP contribution in [0.5, 0.6) is 0 Å². The summed E-state index contributed by atoms with van der Waals surface area (Å²) in [5.74, 6) is 0.0247. The topological polar surface area (TPSA) is 128 Å². The van der Waals surface area contributed by atoms with Gasteiger partial charge in [0.25, 0.3) is 0 Å². The van der Waals surface area contributed by atoms with Gasteiger partial charge < -0.3 is 9.80 Å². The summed E-state index contributed by atoms with van der Waals surface area (Å²) in [5.41, 5.74) is 0.323. The van der Waals surface area contributed by atoms with Gasteiger partial charge in [0.1, 0.15) is 0 Å².